The van der Waals surface area contributed by atoms with Crippen LogP contribution in [0, 0.1) is 6.92 Å². The Morgan fingerprint density at radius 2 is 1.82 bits per heavy atom. The Kier molecular flexibility index (Phi) is 9.68. The van der Waals surface area contributed by atoms with Crippen molar-refractivity contribution >= 4 is 23.7 Å². The molecule has 2 rings (SSSR count). The molecule has 0 aliphatic carbocycles. The third-order valence-electron chi connectivity index (χ3n) is 5.93. The Labute approximate surface area is 200 Å². The number of carbonyl (C=O) groups is 3. The van der Waals surface area contributed by atoms with E-state index < -0.39 is 35.0 Å². The van der Waals surface area contributed by atoms with Gasteiger partial charge in [-0.1, -0.05) is 79.6 Å². The maximum Gasteiger partial charge on any atom is 0.252 e. The predicted octanol–water partition coefficient (Wildman–Crippen LogP) is 2.63. The number of nitrogens with two attached hydrogens (primary N) is 2. The lowest BCUT2D eigenvalue weighted by Gasteiger charge is -2.35. The summed E-state index contributed by atoms with van der Waals surface area (Å²) in [5.74, 6) is 2.81. The van der Waals surface area contributed by atoms with Crippen LogP contribution in [0.1, 0.15) is 61.3 Å². The zero-order chi connectivity index (χ0) is 25.3. The molecular weight excluding hydrogens is 432 g/mol. The largest absolute Gasteiger partial charge is 0.322 e. The van der Waals surface area contributed by atoms with Crippen molar-refractivity contribution in [2.45, 2.75) is 57.4 Å². The Bertz CT molecular complexity index is 1040. The summed E-state index contributed by atoms with van der Waals surface area (Å²) in [7, 11) is 0. The summed E-state index contributed by atoms with van der Waals surface area (Å²) in [5.41, 5.74) is 10.7. The first kappa shape index (κ1) is 26.9. The van der Waals surface area contributed by atoms with E-state index in [0.29, 0.717) is 17.5 Å². The van der Waals surface area contributed by atoms with E-state index in [9.17, 15) is 19.6 Å². The summed E-state index contributed by atoms with van der Waals surface area (Å²) in [5, 5.41) is 9.49. The average molecular weight is 467 g/mol. The summed E-state index contributed by atoms with van der Waals surface area (Å²) >= 11 is 0. The van der Waals surface area contributed by atoms with E-state index in [-0.39, 0.29) is 12.8 Å². The molecular formula is C26H34N4O4. The van der Waals surface area contributed by atoms with Gasteiger partial charge in [0.2, 0.25) is 0 Å². The minimum absolute atomic E-state index is 0.153. The number of ketones is 1. The molecule has 2 amide bonds. The topological polar surface area (TPSA) is 148 Å². The number of rotatable bonds is 11. The number of allylic oxidation sites excluding steroid dienone is 1. The highest BCUT2D eigenvalue weighted by Gasteiger charge is 2.49. The number of Topliss-reactive ketones (excluding diaryl/α,β-unsaturated/α-hetero) is 1. The van der Waals surface area contributed by atoms with Gasteiger partial charge in [-0.2, -0.15) is 0 Å². The van der Waals surface area contributed by atoms with Crippen LogP contribution in [0.5, 0.6) is 0 Å². The molecule has 2 aromatic carbocycles. The van der Waals surface area contributed by atoms with Crippen LogP contribution in [-0.2, 0) is 19.8 Å². The molecule has 3 atom stereocenters. The third-order valence-corrected chi connectivity index (χ3v) is 5.93. The lowest BCUT2D eigenvalue weighted by atomic mass is 9.67. The van der Waals surface area contributed by atoms with E-state index in [2.05, 4.69) is 5.43 Å². The highest BCUT2D eigenvalue weighted by atomic mass is 16.5. The average Bonchev–Trinajstić information content (AvgIpc) is 2.84. The summed E-state index contributed by atoms with van der Waals surface area (Å²) in [6.45, 7) is 5.21. The van der Waals surface area contributed by atoms with Gasteiger partial charge in [-0.25, -0.2) is 11.3 Å². The van der Waals surface area contributed by atoms with Gasteiger partial charge >= 0.3 is 0 Å². The van der Waals surface area contributed by atoms with E-state index in [4.69, 9.17) is 11.6 Å². The van der Waals surface area contributed by atoms with Gasteiger partial charge in [-0.3, -0.25) is 25.0 Å². The molecule has 0 aliphatic rings. The molecule has 0 saturated heterocycles. The molecule has 7 N–H and O–H groups in total. The molecule has 0 bridgehead atoms. The number of hydrogen-bond acceptors (Lipinski definition) is 6. The van der Waals surface area contributed by atoms with Gasteiger partial charge in [0.1, 0.15) is 5.41 Å². The lowest BCUT2D eigenvalue weighted by Crippen LogP contribution is -2.57. The van der Waals surface area contributed by atoms with Crippen molar-refractivity contribution in [1.29, 1.82) is 0 Å². The minimum atomic E-state index is -1.68. The van der Waals surface area contributed by atoms with Crippen molar-refractivity contribution in [1.82, 2.24) is 10.9 Å². The number of aryl methyl sites for hydroxylation is 1. The van der Waals surface area contributed by atoms with Gasteiger partial charge in [0.25, 0.3) is 11.8 Å². The van der Waals surface area contributed by atoms with Crippen molar-refractivity contribution < 1.29 is 19.6 Å². The summed E-state index contributed by atoms with van der Waals surface area (Å²) in [6.07, 6.45) is 4.55. The molecule has 8 heteroatoms. The Hall–Kier alpha value is -3.33. The molecule has 0 aliphatic heterocycles. The van der Waals surface area contributed by atoms with Crippen molar-refractivity contribution in [3.8, 4) is 0 Å². The Balaban J connectivity index is 2.72. The highest BCUT2D eigenvalue weighted by molar-refractivity contribution is 6.13. The summed E-state index contributed by atoms with van der Waals surface area (Å²) in [4.78, 5) is 39.5. The van der Waals surface area contributed by atoms with Crippen LogP contribution in [0.2, 0.25) is 0 Å². The second-order valence-corrected chi connectivity index (χ2v) is 8.45. The van der Waals surface area contributed by atoms with Crippen LogP contribution < -0.4 is 22.5 Å². The smallest absolute Gasteiger partial charge is 0.252 e. The van der Waals surface area contributed by atoms with Gasteiger partial charge in [-0.15, -0.1) is 0 Å². The van der Waals surface area contributed by atoms with Crippen LogP contribution in [0.3, 0.4) is 0 Å². The molecule has 0 aromatic heterocycles. The molecule has 0 spiro atoms. The van der Waals surface area contributed by atoms with Crippen LogP contribution in [-0.4, -0.2) is 28.8 Å². The number of hydroxylamine groups is 1. The number of carbonyl (C=O) groups excluding carboxylic acids is 3. The van der Waals surface area contributed by atoms with Crippen LogP contribution in [0.4, 0.5) is 0 Å². The van der Waals surface area contributed by atoms with Crippen LogP contribution in [0.15, 0.2) is 54.6 Å². The second-order valence-electron chi connectivity index (χ2n) is 8.45. The maximum absolute atomic E-state index is 13.4. The molecule has 0 heterocycles. The number of hydrogen-bond donors (Lipinski definition) is 5. The van der Waals surface area contributed by atoms with E-state index in [0.717, 1.165) is 11.1 Å². The molecule has 182 valence electrons. The molecule has 0 radical (unpaired) electrons. The Morgan fingerprint density at radius 1 is 1.15 bits per heavy atom. The number of nitrogens with one attached hydrogen (secondary N) is 2. The standard InChI is InChI=1S/C26H34N4O4/c1-4-15-26(25(33)29-28,23(31)18(3)27)22-14-13-17(2)16-21(22)20(24(32)30-34)12-8-11-19-9-6-5-7-10-19/h5-11,13-14,16,18,20,34H,4,12,15,27-28H2,1-3H3,(H,29,33)(H,30,32)/b11-8+/t18-,20+,26-/m1/s1. The zero-order valence-corrected chi connectivity index (χ0v) is 19.9. The number of benzene rings is 2. The van der Waals surface area contributed by atoms with Crippen LogP contribution >= 0.6 is 0 Å². The first-order valence-corrected chi connectivity index (χ1v) is 11.3. The van der Waals surface area contributed by atoms with E-state index >= 15 is 0 Å². The minimum Gasteiger partial charge on any atom is -0.322 e. The number of hydrazine groups is 1. The van der Waals surface area contributed by atoms with Gasteiger partial charge < -0.3 is 5.73 Å². The Morgan fingerprint density at radius 3 is 2.38 bits per heavy atom. The molecule has 8 nitrogen and oxygen atoms in total. The molecule has 34 heavy (non-hydrogen) atoms. The first-order valence-electron chi connectivity index (χ1n) is 11.3. The molecule has 2 aromatic rings. The fourth-order valence-electron chi connectivity index (χ4n) is 4.34. The van der Waals surface area contributed by atoms with Gasteiger partial charge in [0.05, 0.1) is 12.0 Å². The fraction of sp³-hybridized carbons (Fsp3) is 0.346. The van der Waals surface area contributed by atoms with E-state index in [1.807, 2.05) is 56.3 Å². The third kappa shape index (κ3) is 5.77. The molecule has 0 unspecified atom stereocenters. The van der Waals surface area contributed by atoms with Gasteiger partial charge in [0.15, 0.2) is 5.78 Å². The SMILES string of the molecule is CCC[C@](C(=O)NN)(C(=O)[C@@H](C)N)c1ccc(C)cc1[C@H](C/C=C/c1ccccc1)C(=O)NO. The van der Waals surface area contributed by atoms with E-state index in [1.54, 1.807) is 23.7 Å². The van der Waals surface area contributed by atoms with Crippen molar-refractivity contribution in [2.24, 2.45) is 11.6 Å². The quantitative estimate of drug-likeness (QED) is 0.113. The van der Waals surface area contributed by atoms with Gasteiger partial charge in [0, 0.05) is 0 Å². The second kappa shape index (κ2) is 12.2. The maximum atomic E-state index is 13.4. The van der Waals surface area contributed by atoms with Crippen molar-refractivity contribution in [3.63, 3.8) is 0 Å². The van der Waals surface area contributed by atoms with Crippen molar-refractivity contribution in [2.75, 3.05) is 0 Å². The van der Waals surface area contributed by atoms with Gasteiger partial charge in [-0.05, 0) is 43.4 Å². The molecule has 0 saturated carbocycles. The van der Waals surface area contributed by atoms with E-state index in [1.165, 1.54) is 6.92 Å². The predicted molar refractivity (Wildman–Crippen MR) is 132 cm³/mol. The normalized spacial score (nSPS) is 14.8. The summed E-state index contributed by atoms with van der Waals surface area (Å²) < 4.78 is 0. The van der Waals surface area contributed by atoms with Crippen molar-refractivity contribution in [3.05, 3.63) is 76.9 Å². The monoisotopic (exact) mass is 466 g/mol. The lowest BCUT2D eigenvalue weighted by molar-refractivity contribution is -0.138. The number of amides is 2. The first-order chi connectivity index (χ1) is 16.2. The fourth-order valence-corrected chi connectivity index (χ4v) is 4.34. The molecule has 0 fully saturated rings. The summed E-state index contributed by atoms with van der Waals surface area (Å²) in [6, 6.07) is 13.8. The zero-order valence-electron chi connectivity index (χ0n) is 19.9. The highest BCUT2D eigenvalue weighted by Crippen LogP contribution is 2.39. The van der Waals surface area contributed by atoms with Crippen LogP contribution in [0.25, 0.3) is 6.08 Å².